The Morgan fingerprint density at radius 1 is 1.14 bits per heavy atom. The maximum absolute atomic E-state index is 12.6. The average Bonchev–Trinajstić information content (AvgIpc) is 2.51. The normalized spacial score (nSPS) is 17.2. The number of para-hydroxylation sites is 2. The molecule has 0 radical (unpaired) electrons. The standard InChI is InChI=1S/C16H14F2N2O2/c1-20-14(11-7-3-5-9-13(11)22-16(17)18)19-12-8-4-2-6-10(12)15(20)21/h2-9,14,16,19H,1H3. The van der Waals surface area contributed by atoms with Gasteiger partial charge in [0, 0.05) is 18.3 Å². The number of anilines is 1. The van der Waals surface area contributed by atoms with Crippen molar-refractivity contribution >= 4 is 11.6 Å². The van der Waals surface area contributed by atoms with Gasteiger partial charge in [0.15, 0.2) is 0 Å². The van der Waals surface area contributed by atoms with Gasteiger partial charge in [-0.1, -0.05) is 30.3 Å². The SMILES string of the molecule is CN1C(=O)c2ccccc2NC1c1ccccc1OC(F)F. The quantitative estimate of drug-likeness (QED) is 0.944. The molecule has 0 aliphatic carbocycles. The maximum atomic E-state index is 12.6. The van der Waals surface area contributed by atoms with Crippen LogP contribution in [0.1, 0.15) is 22.1 Å². The van der Waals surface area contributed by atoms with Gasteiger partial charge in [-0.3, -0.25) is 4.79 Å². The molecule has 1 amide bonds. The highest BCUT2D eigenvalue weighted by Gasteiger charge is 2.31. The molecule has 4 nitrogen and oxygen atoms in total. The molecule has 114 valence electrons. The van der Waals surface area contributed by atoms with E-state index in [-0.39, 0.29) is 11.7 Å². The Hall–Kier alpha value is -2.63. The molecule has 0 aromatic heterocycles. The van der Waals surface area contributed by atoms with Crippen molar-refractivity contribution in [3.05, 3.63) is 59.7 Å². The molecule has 1 aliphatic rings. The van der Waals surface area contributed by atoms with Gasteiger partial charge in [0.25, 0.3) is 5.91 Å². The lowest BCUT2D eigenvalue weighted by Crippen LogP contribution is -2.40. The molecule has 22 heavy (non-hydrogen) atoms. The number of fused-ring (bicyclic) bond motifs is 1. The summed E-state index contributed by atoms with van der Waals surface area (Å²) < 4.78 is 29.7. The molecule has 6 heteroatoms. The summed E-state index contributed by atoms with van der Waals surface area (Å²) in [6, 6.07) is 13.5. The minimum Gasteiger partial charge on any atom is -0.434 e. The van der Waals surface area contributed by atoms with Crippen molar-refractivity contribution in [3.8, 4) is 5.75 Å². The monoisotopic (exact) mass is 304 g/mol. The number of hydrogen-bond acceptors (Lipinski definition) is 3. The molecule has 1 N–H and O–H groups in total. The fourth-order valence-corrected chi connectivity index (χ4v) is 2.54. The molecule has 1 atom stereocenters. The number of benzene rings is 2. The summed E-state index contributed by atoms with van der Waals surface area (Å²) in [6.07, 6.45) is -0.572. The van der Waals surface area contributed by atoms with Gasteiger partial charge in [-0.15, -0.1) is 0 Å². The predicted octanol–water partition coefficient (Wildman–Crippen LogP) is 3.48. The van der Waals surface area contributed by atoms with Crippen molar-refractivity contribution in [3.63, 3.8) is 0 Å². The van der Waals surface area contributed by atoms with E-state index in [4.69, 9.17) is 0 Å². The molecule has 1 aliphatic heterocycles. The van der Waals surface area contributed by atoms with E-state index in [1.165, 1.54) is 11.0 Å². The zero-order chi connectivity index (χ0) is 15.7. The van der Waals surface area contributed by atoms with Gasteiger partial charge in [0.05, 0.1) is 5.56 Å². The van der Waals surface area contributed by atoms with E-state index in [1.54, 1.807) is 43.4 Å². The smallest absolute Gasteiger partial charge is 0.387 e. The number of hydrogen-bond donors (Lipinski definition) is 1. The molecule has 1 heterocycles. The van der Waals surface area contributed by atoms with Crippen LogP contribution >= 0.6 is 0 Å². The third-order valence-electron chi connectivity index (χ3n) is 3.59. The van der Waals surface area contributed by atoms with Crippen molar-refractivity contribution in [1.29, 1.82) is 0 Å². The third-order valence-corrected chi connectivity index (χ3v) is 3.59. The molecule has 1 unspecified atom stereocenters. The highest BCUT2D eigenvalue weighted by Crippen LogP contribution is 2.36. The molecule has 2 aromatic carbocycles. The van der Waals surface area contributed by atoms with Crippen LogP contribution < -0.4 is 10.1 Å². The van der Waals surface area contributed by atoms with Crippen LogP contribution in [0.15, 0.2) is 48.5 Å². The molecule has 2 aromatic rings. The van der Waals surface area contributed by atoms with E-state index >= 15 is 0 Å². The van der Waals surface area contributed by atoms with Gasteiger partial charge in [-0.2, -0.15) is 8.78 Å². The molecule has 0 saturated heterocycles. The fourth-order valence-electron chi connectivity index (χ4n) is 2.54. The molecule has 0 saturated carbocycles. The highest BCUT2D eigenvalue weighted by atomic mass is 19.3. The summed E-state index contributed by atoms with van der Waals surface area (Å²) in [7, 11) is 1.62. The summed E-state index contributed by atoms with van der Waals surface area (Å²) in [4.78, 5) is 13.9. The van der Waals surface area contributed by atoms with Gasteiger partial charge in [-0.25, -0.2) is 0 Å². The molecule has 3 rings (SSSR count). The van der Waals surface area contributed by atoms with Crippen molar-refractivity contribution in [2.45, 2.75) is 12.8 Å². The van der Waals surface area contributed by atoms with Crippen LogP contribution in [0.2, 0.25) is 0 Å². The van der Waals surface area contributed by atoms with Crippen LogP contribution in [-0.4, -0.2) is 24.5 Å². The Labute approximate surface area is 126 Å². The summed E-state index contributed by atoms with van der Waals surface area (Å²) in [5, 5.41) is 3.19. The number of ether oxygens (including phenoxy) is 1. The van der Waals surface area contributed by atoms with Gasteiger partial charge < -0.3 is 15.0 Å². The van der Waals surface area contributed by atoms with E-state index in [9.17, 15) is 13.6 Å². The first-order chi connectivity index (χ1) is 10.6. The lowest BCUT2D eigenvalue weighted by molar-refractivity contribution is -0.0508. The Morgan fingerprint density at radius 3 is 2.59 bits per heavy atom. The first kappa shape index (κ1) is 14.3. The molecular formula is C16H14F2N2O2. The topological polar surface area (TPSA) is 41.6 Å². The second-order valence-electron chi connectivity index (χ2n) is 4.92. The van der Waals surface area contributed by atoms with Gasteiger partial charge in [0.1, 0.15) is 11.9 Å². The second kappa shape index (κ2) is 5.63. The number of nitrogens with one attached hydrogen (secondary N) is 1. The van der Waals surface area contributed by atoms with Gasteiger partial charge in [-0.05, 0) is 18.2 Å². The van der Waals surface area contributed by atoms with Crippen LogP contribution in [0.3, 0.4) is 0 Å². The Kier molecular flexibility index (Phi) is 3.66. The number of carbonyl (C=O) groups excluding carboxylic acids is 1. The van der Waals surface area contributed by atoms with Crippen molar-refractivity contribution in [1.82, 2.24) is 4.90 Å². The van der Waals surface area contributed by atoms with Crippen molar-refractivity contribution < 1.29 is 18.3 Å². The molecule has 0 bridgehead atoms. The summed E-state index contributed by atoms with van der Waals surface area (Å²) in [6.45, 7) is -2.92. The predicted molar refractivity (Wildman–Crippen MR) is 78.0 cm³/mol. The summed E-state index contributed by atoms with van der Waals surface area (Å²) in [5.74, 6) is -0.125. The number of halogens is 2. The van der Waals surface area contributed by atoms with Crippen molar-refractivity contribution in [2.24, 2.45) is 0 Å². The summed E-state index contributed by atoms with van der Waals surface area (Å²) >= 11 is 0. The number of carbonyl (C=O) groups is 1. The molecule has 0 fully saturated rings. The number of nitrogens with zero attached hydrogens (tertiary/aromatic N) is 1. The van der Waals surface area contributed by atoms with Crippen molar-refractivity contribution in [2.75, 3.05) is 12.4 Å². The number of rotatable bonds is 3. The Morgan fingerprint density at radius 2 is 1.82 bits per heavy atom. The van der Waals surface area contributed by atoms with Crippen LogP contribution in [0.4, 0.5) is 14.5 Å². The number of alkyl halides is 2. The Balaban J connectivity index is 2.01. The van der Waals surface area contributed by atoms with E-state index in [1.807, 2.05) is 6.07 Å². The first-order valence-electron chi connectivity index (χ1n) is 6.74. The van der Waals surface area contributed by atoms with Crippen LogP contribution in [0.25, 0.3) is 0 Å². The first-order valence-corrected chi connectivity index (χ1v) is 6.74. The fraction of sp³-hybridized carbons (Fsp3) is 0.188. The highest BCUT2D eigenvalue weighted by molar-refractivity contribution is 6.01. The zero-order valence-corrected chi connectivity index (χ0v) is 11.8. The molecular weight excluding hydrogens is 290 g/mol. The van der Waals surface area contributed by atoms with E-state index in [2.05, 4.69) is 10.1 Å². The zero-order valence-electron chi connectivity index (χ0n) is 11.8. The van der Waals surface area contributed by atoms with E-state index < -0.39 is 12.8 Å². The largest absolute Gasteiger partial charge is 0.434 e. The number of amides is 1. The average molecular weight is 304 g/mol. The third kappa shape index (κ3) is 2.47. The van der Waals surface area contributed by atoms with Crippen LogP contribution in [0.5, 0.6) is 5.75 Å². The minimum absolute atomic E-state index is 0.0500. The van der Waals surface area contributed by atoms with Crippen LogP contribution in [0, 0.1) is 0 Å². The Bertz CT molecular complexity index is 706. The van der Waals surface area contributed by atoms with Crippen LogP contribution in [-0.2, 0) is 0 Å². The van der Waals surface area contributed by atoms with E-state index in [0.717, 1.165) is 0 Å². The maximum Gasteiger partial charge on any atom is 0.387 e. The lowest BCUT2D eigenvalue weighted by atomic mass is 10.0. The van der Waals surface area contributed by atoms with Gasteiger partial charge in [0.2, 0.25) is 0 Å². The minimum atomic E-state index is -2.92. The van der Waals surface area contributed by atoms with Gasteiger partial charge >= 0.3 is 6.61 Å². The van der Waals surface area contributed by atoms with E-state index in [0.29, 0.717) is 16.8 Å². The summed E-state index contributed by atoms with van der Waals surface area (Å²) in [5.41, 5.74) is 1.70. The second-order valence-corrected chi connectivity index (χ2v) is 4.92. The lowest BCUT2D eigenvalue weighted by Gasteiger charge is -2.36. The molecule has 0 spiro atoms.